The van der Waals surface area contributed by atoms with E-state index in [4.69, 9.17) is 0 Å². The SMILES string of the molecule is C=CCN(Cc1ccc(C)cc1)C(=O)c1cc2sccc2n1C1CCCC1. The van der Waals surface area contributed by atoms with Crippen LogP contribution in [0.15, 0.2) is 54.4 Å². The molecule has 0 atom stereocenters. The van der Waals surface area contributed by atoms with Gasteiger partial charge in [-0.25, -0.2) is 0 Å². The van der Waals surface area contributed by atoms with Crippen molar-refractivity contribution in [3.8, 4) is 0 Å². The van der Waals surface area contributed by atoms with Crippen molar-refractivity contribution in [2.45, 2.75) is 45.2 Å². The summed E-state index contributed by atoms with van der Waals surface area (Å²) in [5.74, 6) is 0.103. The molecule has 0 radical (unpaired) electrons. The van der Waals surface area contributed by atoms with Crippen molar-refractivity contribution in [3.05, 3.63) is 71.3 Å². The van der Waals surface area contributed by atoms with Crippen LogP contribution < -0.4 is 0 Å². The van der Waals surface area contributed by atoms with Crippen molar-refractivity contribution in [3.63, 3.8) is 0 Å². The highest BCUT2D eigenvalue weighted by atomic mass is 32.1. The molecule has 1 aliphatic carbocycles. The van der Waals surface area contributed by atoms with E-state index in [9.17, 15) is 4.79 Å². The standard InChI is InChI=1S/C23H26N2OS/c1-3-13-24(16-18-10-8-17(2)9-11-18)23(26)21-15-22-20(12-14-27-22)25(21)19-6-4-5-7-19/h3,8-12,14-15,19H,1,4-7,13,16H2,2H3. The molecule has 1 amide bonds. The van der Waals surface area contributed by atoms with Crippen molar-refractivity contribution >= 4 is 27.5 Å². The number of amides is 1. The first kappa shape index (κ1) is 18.1. The molecule has 1 fully saturated rings. The fraction of sp³-hybridized carbons (Fsp3) is 0.348. The Labute approximate surface area is 164 Å². The predicted molar refractivity (Wildman–Crippen MR) is 113 cm³/mol. The van der Waals surface area contributed by atoms with E-state index < -0.39 is 0 Å². The summed E-state index contributed by atoms with van der Waals surface area (Å²) in [4.78, 5) is 15.4. The molecule has 0 saturated heterocycles. The van der Waals surface area contributed by atoms with Gasteiger partial charge in [-0.15, -0.1) is 17.9 Å². The molecule has 4 rings (SSSR count). The summed E-state index contributed by atoms with van der Waals surface area (Å²) in [6.07, 6.45) is 6.65. The van der Waals surface area contributed by atoms with Crippen LogP contribution in [-0.4, -0.2) is 21.9 Å². The molecule has 2 aromatic heterocycles. The van der Waals surface area contributed by atoms with Gasteiger partial charge in [-0.05, 0) is 42.8 Å². The average Bonchev–Trinajstić information content (AvgIpc) is 3.39. The Balaban J connectivity index is 1.68. The number of aromatic nitrogens is 1. The summed E-state index contributed by atoms with van der Waals surface area (Å²) >= 11 is 1.72. The second kappa shape index (κ2) is 7.73. The van der Waals surface area contributed by atoms with Gasteiger partial charge in [-0.1, -0.05) is 48.7 Å². The van der Waals surface area contributed by atoms with Gasteiger partial charge in [0.05, 0.1) is 10.2 Å². The minimum absolute atomic E-state index is 0.103. The van der Waals surface area contributed by atoms with Crippen molar-refractivity contribution < 1.29 is 4.79 Å². The zero-order valence-electron chi connectivity index (χ0n) is 15.9. The van der Waals surface area contributed by atoms with Crippen molar-refractivity contribution in [1.29, 1.82) is 0 Å². The highest BCUT2D eigenvalue weighted by molar-refractivity contribution is 7.17. The molecular formula is C23H26N2OS. The van der Waals surface area contributed by atoms with Gasteiger partial charge in [0.1, 0.15) is 5.69 Å². The number of aryl methyl sites for hydroxylation is 1. The Bertz CT molecular complexity index is 945. The van der Waals surface area contributed by atoms with Crippen molar-refractivity contribution in [2.75, 3.05) is 6.54 Å². The summed E-state index contributed by atoms with van der Waals surface area (Å²) in [5, 5.41) is 2.12. The van der Waals surface area contributed by atoms with Gasteiger partial charge in [0.15, 0.2) is 0 Å². The zero-order valence-corrected chi connectivity index (χ0v) is 16.7. The van der Waals surface area contributed by atoms with Crippen LogP contribution in [0.1, 0.15) is 53.3 Å². The van der Waals surface area contributed by atoms with Crippen molar-refractivity contribution in [2.24, 2.45) is 0 Å². The average molecular weight is 379 g/mol. The summed E-state index contributed by atoms with van der Waals surface area (Å²) in [5.41, 5.74) is 4.43. The number of hydrogen-bond donors (Lipinski definition) is 0. The van der Waals surface area contributed by atoms with Gasteiger partial charge in [0, 0.05) is 19.1 Å². The Kier molecular flexibility index (Phi) is 5.17. The van der Waals surface area contributed by atoms with E-state index in [0.29, 0.717) is 19.1 Å². The number of carbonyl (C=O) groups is 1. The Hall–Kier alpha value is -2.33. The number of hydrogen-bond acceptors (Lipinski definition) is 2. The van der Waals surface area contributed by atoms with Gasteiger partial charge >= 0.3 is 0 Å². The Morgan fingerprint density at radius 1 is 1.26 bits per heavy atom. The third-order valence-corrected chi connectivity index (χ3v) is 6.35. The van der Waals surface area contributed by atoms with Gasteiger partial charge in [0.25, 0.3) is 5.91 Å². The quantitative estimate of drug-likeness (QED) is 0.486. The van der Waals surface area contributed by atoms with Crippen LogP contribution in [0.25, 0.3) is 10.2 Å². The minimum Gasteiger partial charge on any atom is -0.333 e. The van der Waals surface area contributed by atoms with Crippen LogP contribution >= 0.6 is 11.3 Å². The van der Waals surface area contributed by atoms with E-state index in [1.165, 1.54) is 41.5 Å². The van der Waals surface area contributed by atoms with Gasteiger partial charge in [0.2, 0.25) is 0 Å². The summed E-state index contributed by atoms with van der Waals surface area (Å²) in [6.45, 7) is 7.10. The molecule has 140 valence electrons. The maximum Gasteiger partial charge on any atom is 0.271 e. The topological polar surface area (TPSA) is 25.2 Å². The molecule has 3 aromatic rings. The fourth-order valence-electron chi connectivity index (χ4n) is 4.12. The van der Waals surface area contributed by atoms with Crippen LogP contribution in [0.5, 0.6) is 0 Å². The van der Waals surface area contributed by atoms with Crippen LogP contribution in [0.2, 0.25) is 0 Å². The second-order valence-electron chi connectivity index (χ2n) is 7.47. The maximum atomic E-state index is 13.5. The monoisotopic (exact) mass is 378 g/mol. The lowest BCUT2D eigenvalue weighted by Gasteiger charge is -2.24. The number of rotatable bonds is 6. The maximum absolute atomic E-state index is 13.5. The minimum atomic E-state index is 0.103. The first-order valence-corrected chi connectivity index (χ1v) is 10.6. The first-order chi connectivity index (χ1) is 13.2. The molecule has 1 aliphatic rings. The van der Waals surface area contributed by atoms with E-state index in [1.54, 1.807) is 11.3 Å². The highest BCUT2D eigenvalue weighted by Gasteiger charge is 2.27. The molecule has 0 N–H and O–H groups in total. The van der Waals surface area contributed by atoms with E-state index in [0.717, 1.165) is 11.3 Å². The van der Waals surface area contributed by atoms with E-state index in [1.807, 2.05) is 11.0 Å². The molecule has 0 spiro atoms. The molecule has 1 saturated carbocycles. The van der Waals surface area contributed by atoms with E-state index in [2.05, 4.69) is 59.8 Å². The largest absolute Gasteiger partial charge is 0.333 e. The lowest BCUT2D eigenvalue weighted by atomic mass is 10.1. The molecule has 4 heteroatoms. The number of carbonyl (C=O) groups excluding carboxylic acids is 1. The van der Waals surface area contributed by atoms with Gasteiger partial charge < -0.3 is 9.47 Å². The lowest BCUT2D eigenvalue weighted by molar-refractivity contribution is 0.0750. The predicted octanol–water partition coefficient (Wildman–Crippen LogP) is 5.95. The molecule has 3 nitrogen and oxygen atoms in total. The smallest absolute Gasteiger partial charge is 0.271 e. The van der Waals surface area contributed by atoms with Crippen LogP contribution in [0.4, 0.5) is 0 Å². The highest BCUT2D eigenvalue weighted by Crippen LogP contribution is 2.37. The Morgan fingerprint density at radius 3 is 2.70 bits per heavy atom. The van der Waals surface area contributed by atoms with Crippen LogP contribution in [0, 0.1) is 6.92 Å². The van der Waals surface area contributed by atoms with E-state index in [-0.39, 0.29) is 5.91 Å². The summed E-state index contributed by atoms with van der Waals surface area (Å²) in [6, 6.07) is 13.1. The molecule has 2 heterocycles. The number of benzene rings is 1. The first-order valence-electron chi connectivity index (χ1n) is 9.71. The Morgan fingerprint density at radius 2 is 2.00 bits per heavy atom. The zero-order chi connectivity index (χ0) is 18.8. The third kappa shape index (κ3) is 3.59. The van der Waals surface area contributed by atoms with Gasteiger partial charge in [-0.2, -0.15) is 0 Å². The van der Waals surface area contributed by atoms with Crippen LogP contribution in [-0.2, 0) is 6.54 Å². The number of thiophene rings is 1. The summed E-state index contributed by atoms with van der Waals surface area (Å²) in [7, 11) is 0. The molecule has 27 heavy (non-hydrogen) atoms. The molecule has 0 bridgehead atoms. The number of nitrogens with zero attached hydrogens (tertiary/aromatic N) is 2. The lowest BCUT2D eigenvalue weighted by Crippen LogP contribution is -2.32. The molecular weight excluding hydrogens is 352 g/mol. The second-order valence-corrected chi connectivity index (χ2v) is 8.42. The van der Waals surface area contributed by atoms with Gasteiger partial charge in [-0.3, -0.25) is 4.79 Å². The third-order valence-electron chi connectivity index (χ3n) is 5.50. The molecule has 0 unspecified atom stereocenters. The number of fused-ring (bicyclic) bond motifs is 1. The summed E-state index contributed by atoms with van der Waals surface area (Å²) < 4.78 is 3.52. The van der Waals surface area contributed by atoms with Crippen molar-refractivity contribution in [1.82, 2.24) is 9.47 Å². The van der Waals surface area contributed by atoms with Crippen LogP contribution in [0.3, 0.4) is 0 Å². The van der Waals surface area contributed by atoms with E-state index >= 15 is 0 Å². The molecule has 0 aliphatic heterocycles. The molecule has 1 aromatic carbocycles. The normalized spacial score (nSPS) is 14.7. The fourth-order valence-corrected chi connectivity index (χ4v) is 4.93.